The van der Waals surface area contributed by atoms with Crippen LogP contribution in [-0.2, 0) is 0 Å². The van der Waals surface area contributed by atoms with Gasteiger partial charge in [-0.25, -0.2) is 0 Å². The van der Waals surface area contributed by atoms with Gasteiger partial charge in [-0.15, -0.1) is 0 Å². The molecule has 0 amide bonds. The van der Waals surface area contributed by atoms with Crippen LogP contribution in [0, 0.1) is 0 Å². The van der Waals surface area contributed by atoms with Crippen LogP contribution in [0.15, 0.2) is 30.3 Å². The monoisotopic (exact) mass is 233 g/mol. The Labute approximate surface area is 105 Å². The Morgan fingerprint density at radius 2 is 2.06 bits per heavy atom. The largest absolute Gasteiger partial charge is 0.494 e. The van der Waals surface area contributed by atoms with Gasteiger partial charge in [0.2, 0.25) is 0 Å². The Balaban J connectivity index is 1.63. The first kappa shape index (κ1) is 12.4. The van der Waals surface area contributed by atoms with Crippen molar-refractivity contribution in [3.05, 3.63) is 30.3 Å². The second-order valence-corrected chi connectivity index (χ2v) is 4.90. The van der Waals surface area contributed by atoms with Crippen LogP contribution in [0.1, 0.15) is 32.6 Å². The van der Waals surface area contributed by atoms with Crippen LogP contribution in [0.2, 0.25) is 0 Å². The van der Waals surface area contributed by atoms with Crippen LogP contribution < -0.4 is 4.74 Å². The molecule has 1 aliphatic heterocycles. The molecule has 0 N–H and O–H groups in total. The molecule has 1 atom stereocenters. The lowest BCUT2D eigenvalue weighted by Crippen LogP contribution is -2.38. The molecule has 2 nitrogen and oxygen atoms in total. The van der Waals surface area contributed by atoms with Crippen molar-refractivity contribution in [2.45, 2.75) is 38.6 Å². The summed E-state index contributed by atoms with van der Waals surface area (Å²) in [5.74, 6) is 0.985. The maximum Gasteiger partial charge on any atom is 0.119 e. The Morgan fingerprint density at radius 1 is 1.24 bits per heavy atom. The summed E-state index contributed by atoms with van der Waals surface area (Å²) in [5, 5.41) is 0. The van der Waals surface area contributed by atoms with E-state index in [1.807, 2.05) is 30.3 Å². The predicted octanol–water partition coefficient (Wildman–Crippen LogP) is 3.33. The number of para-hydroxylation sites is 1. The molecular weight excluding hydrogens is 210 g/mol. The first-order chi connectivity index (χ1) is 8.36. The van der Waals surface area contributed by atoms with E-state index in [0.29, 0.717) is 0 Å². The van der Waals surface area contributed by atoms with E-state index in [2.05, 4.69) is 11.8 Å². The molecule has 0 radical (unpaired) electrons. The average Bonchev–Trinajstić information content (AvgIpc) is 2.38. The van der Waals surface area contributed by atoms with Gasteiger partial charge in [-0.3, -0.25) is 0 Å². The molecule has 17 heavy (non-hydrogen) atoms. The molecule has 2 heteroatoms. The third-order valence-corrected chi connectivity index (χ3v) is 3.54. The summed E-state index contributed by atoms with van der Waals surface area (Å²) in [6.45, 7) is 5.62. The highest BCUT2D eigenvalue weighted by molar-refractivity contribution is 5.20. The van der Waals surface area contributed by atoms with Gasteiger partial charge in [-0.2, -0.15) is 0 Å². The fourth-order valence-corrected chi connectivity index (χ4v) is 2.46. The van der Waals surface area contributed by atoms with E-state index in [9.17, 15) is 0 Å². The van der Waals surface area contributed by atoms with E-state index >= 15 is 0 Å². The lowest BCUT2D eigenvalue weighted by Gasteiger charge is -2.33. The zero-order valence-electron chi connectivity index (χ0n) is 10.8. The second-order valence-electron chi connectivity index (χ2n) is 4.90. The second kappa shape index (κ2) is 6.65. The van der Waals surface area contributed by atoms with E-state index in [-0.39, 0.29) is 0 Å². The van der Waals surface area contributed by atoms with Gasteiger partial charge in [0.05, 0.1) is 6.61 Å². The van der Waals surface area contributed by atoms with Gasteiger partial charge in [0.25, 0.3) is 0 Å². The van der Waals surface area contributed by atoms with Crippen LogP contribution in [0.25, 0.3) is 0 Å². The van der Waals surface area contributed by atoms with Crippen molar-refractivity contribution in [3.63, 3.8) is 0 Å². The lowest BCUT2D eigenvalue weighted by atomic mass is 10.0. The minimum atomic E-state index is 0.764. The quantitative estimate of drug-likeness (QED) is 0.723. The molecule has 0 spiro atoms. The normalized spacial score (nSPS) is 21.4. The summed E-state index contributed by atoms with van der Waals surface area (Å²) in [6, 6.07) is 10.8. The van der Waals surface area contributed by atoms with Crippen LogP contribution in [0.5, 0.6) is 5.75 Å². The minimum absolute atomic E-state index is 0.764. The summed E-state index contributed by atoms with van der Waals surface area (Å²) in [5.41, 5.74) is 0. The first-order valence-corrected chi connectivity index (χ1v) is 6.78. The topological polar surface area (TPSA) is 12.5 Å². The van der Waals surface area contributed by atoms with Gasteiger partial charge >= 0.3 is 0 Å². The summed E-state index contributed by atoms with van der Waals surface area (Å²) < 4.78 is 5.71. The van der Waals surface area contributed by atoms with E-state index in [1.54, 1.807) is 0 Å². The molecule has 1 heterocycles. The number of hydrogen-bond donors (Lipinski definition) is 0. The van der Waals surface area contributed by atoms with Crippen LogP contribution in [-0.4, -0.2) is 30.6 Å². The number of hydrogen-bond acceptors (Lipinski definition) is 2. The molecule has 2 rings (SSSR count). The zero-order chi connectivity index (χ0) is 11.9. The maximum atomic E-state index is 5.71. The van der Waals surface area contributed by atoms with E-state index in [4.69, 9.17) is 4.74 Å². The van der Waals surface area contributed by atoms with Gasteiger partial charge in [-0.05, 0) is 44.9 Å². The van der Waals surface area contributed by atoms with Crippen molar-refractivity contribution < 1.29 is 4.74 Å². The van der Waals surface area contributed by atoms with Crippen LogP contribution in [0.4, 0.5) is 0 Å². The molecule has 1 aliphatic rings. The third kappa shape index (κ3) is 4.04. The molecule has 1 aromatic carbocycles. The molecule has 1 saturated heterocycles. The van der Waals surface area contributed by atoms with Crippen molar-refractivity contribution >= 4 is 0 Å². The summed E-state index contributed by atoms with van der Waals surface area (Å²) in [4.78, 5) is 2.60. The van der Waals surface area contributed by atoms with Crippen molar-refractivity contribution in [2.24, 2.45) is 0 Å². The number of rotatable bonds is 5. The van der Waals surface area contributed by atoms with Crippen molar-refractivity contribution in [3.8, 4) is 5.75 Å². The Hall–Kier alpha value is -1.02. The SMILES string of the molecule is C[C@@H]1CCCCN1CCCOc1ccccc1. The van der Waals surface area contributed by atoms with Gasteiger partial charge < -0.3 is 9.64 Å². The van der Waals surface area contributed by atoms with Gasteiger partial charge in [-0.1, -0.05) is 24.6 Å². The standard InChI is InChI=1S/C15H23NO/c1-14-8-5-6-11-16(14)12-7-13-17-15-9-3-2-4-10-15/h2-4,9-10,14H,5-8,11-13H2,1H3/t14-/m1/s1. The van der Waals surface area contributed by atoms with E-state index in [1.165, 1.54) is 32.4 Å². The highest BCUT2D eigenvalue weighted by Gasteiger charge is 2.16. The minimum Gasteiger partial charge on any atom is -0.494 e. The fourth-order valence-electron chi connectivity index (χ4n) is 2.46. The average molecular weight is 233 g/mol. The molecule has 0 bridgehead atoms. The van der Waals surface area contributed by atoms with Gasteiger partial charge in [0, 0.05) is 12.6 Å². The number of benzene rings is 1. The summed E-state index contributed by atoms with van der Waals surface area (Å²) in [6.07, 6.45) is 5.25. The van der Waals surface area contributed by atoms with Gasteiger partial charge in [0.15, 0.2) is 0 Å². The fraction of sp³-hybridized carbons (Fsp3) is 0.600. The van der Waals surface area contributed by atoms with Crippen LogP contribution in [0.3, 0.4) is 0 Å². The zero-order valence-corrected chi connectivity index (χ0v) is 10.8. The molecular formula is C15H23NO. The van der Waals surface area contributed by atoms with Crippen molar-refractivity contribution in [1.82, 2.24) is 4.90 Å². The summed E-state index contributed by atoms with van der Waals surface area (Å²) in [7, 11) is 0. The van der Waals surface area contributed by atoms with Gasteiger partial charge in [0.1, 0.15) is 5.75 Å². The highest BCUT2D eigenvalue weighted by Crippen LogP contribution is 2.16. The highest BCUT2D eigenvalue weighted by atomic mass is 16.5. The Kier molecular flexibility index (Phi) is 4.87. The Morgan fingerprint density at radius 3 is 2.82 bits per heavy atom. The lowest BCUT2D eigenvalue weighted by molar-refractivity contribution is 0.148. The van der Waals surface area contributed by atoms with Crippen molar-refractivity contribution in [2.75, 3.05) is 19.7 Å². The number of ether oxygens (including phenoxy) is 1. The smallest absolute Gasteiger partial charge is 0.119 e. The van der Waals surface area contributed by atoms with E-state index in [0.717, 1.165) is 24.8 Å². The maximum absolute atomic E-state index is 5.71. The number of likely N-dealkylation sites (tertiary alicyclic amines) is 1. The number of nitrogens with zero attached hydrogens (tertiary/aromatic N) is 1. The first-order valence-electron chi connectivity index (χ1n) is 6.78. The van der Waals surface area contributed by atoms with Crippen LogP contribution >= 0.6 is 0 Å². The molecule has 0 aromatic heterocycles. The molecule has 1 fully saturated rings. The summed E-state index contributed by atoms with van der Waals surface area (Å²) >= 11 is 0. The third-order valence-electron chi connectivity index (χ3n) is 3.54. The van der Waals surface area contributed by atoms with Crippen molar-refractivity contribution in [1.29, 1.82) is 0 Å². The Bertz CT molecular complexity index is 312. The molecule has 1 aromatic rings. The predicted molar refractivity (Wildman–Crippen MR) is 71.4 cm³/mol. The molecule has 0 aliphatic carbocycles. The number of piperidine rings is 1. The molecule has 0 unspecified atom stereocenters. The molecule has 0 saturated carbocycles. The van der Waals surface area contributed by atoms with E-state index < -0.39 is 0 Å². The molecule has 94 valence electrons.